The molecule has 0 aromatic carbocycles. The Bertz CT molecular complexity index is 369. The first-order valence-electron chi connectivity index (χ1n) is 7.51. The van der Waals surface area contributed by atoms with E-state index in [4.69, 9.17) is 9.47 Å². The van der Waals surface area contributed by atoms with Gasteiger partial charge >= 0.3 is 0 Å². The van der Waals surface area contributed by atoms with Crippen LogP contribution in [0.5, 0.6) is 5.75 Å². The number of rotatable bonds is 10. The quantitative estimate of drug-likeness (QED) is 0.668. The number of ether oxygens (including phenoxy) is 2. The first-order valence-corrected chi connectivity index (χ1v) is 7.51. The van der Waals surface area contributed by atoms with Crippen LogP contribution in [0.2, 0.25) is 0 Å². The maximum Gasteiger partial charge on any atom is 0.138 e. The van der Waals surface area contributed by atoms with Crippen LogP contribution >= 0.6 is 0 Å². The Morgan fingerprint density at radius 1 is 1.30 bits per heavy atom. The second-order valence-corrected chi connectivity index (χ2v) is 5.26. The van der Waals surface area contributed by atoms with Crippen molar-refractivity contribution in [2.45, 2.75) is 52.2 Å². The van der Waals surface area contributed by atoms with Crippen LogP contribution in [0.3, 0.4) is 0 Å². The van der Waals surface area contributed by atoms with Crippen molar-refractivity contribution in [3.8, 4) is 5.75 Å². The Morgan fingerprint density at radius 2 is 2.10 bits per heavy atom. The number of hydrogen-bond donors (Lipinski definition) is 1. The molecule has 1 N–H and O–H groups in total. The molecule has 0 bridgehead atoms. The van der Waals surface area contributed by atoms with Crippen molar-refractivity contribution < 1.29 is 9.47 Å². The van der Waals surface area contributed by atoms with Crippen LogP contribution in [-0.2, 0) is 4.74 Å². The lowest BCUT2D eigenvalue weighted by molar-refractivity contribution is 0.188. The van der Waals surface area contributed by atoms with Gasteiger partial charge in [0, 0.05) is 26.0 Å². The Labute approximate surface area is 122 Å². The summed E-state index contributed by atoms with van der Waals surface area (Å²) in [5.41, 5.74) is 1.19. The monoisotopic (exact) mass is 280 g/mol. The molecule has 0 spiro atoms. The van der Waals surface area contributed by atoms with Gasteiger partial charge in [0.1, 0.15) is 5.75 Å². The fourth-order valence-electron chi connectivity index (χ4n) is 2.10. The number of hydrogen-bond acceptors (Lipinski definition) is 4. The molecule has 0 aliphatic carbocycles. The van der Waals surface area contributed by atoms with Gasteiger partial charge in [-0.2, -0.15) is 0 Å². The minimum atomic E-state index is 0.169. The van der Waals surface area contributed by atoms with Gasteiger partial charge in [0.05, 0.1) is 12.3 Å². The van der Waals surface area contributed by atoms with Crippen molar-refractivity contribution in [2.75, 3.05) is 20.3 Å². The van der Waals surface area contributed by atoms with Crippen LogP contribution in [0.25, 0.3) is 0 Å². The van der Waals surface area contributed by atoms with E-state index in [1.807, 2.05) is 20.0 Å². The van der Waals surface area contributed by atoms with Crippen molar-refractivity contribution in [1.29, 1.82) is 0 Å². The summed E-state index contributed by atoms with van der Waals surface area (Å²) in [5, 5.41) is 3.57. The van der Waals surface area contributed by atoms with Crippen molar-refractivity contribution in [1.82, 2.24) is 10.3 Å². The summed E-state index contributed by atoms with van der Waals surface area (Å²) < 4.78 is 10.9. The van der Waals surface area contributed by atoms with E-state index in [2.05, 4.69) is 23.3 Å². The van der Waals surface area contributed by atoms with Gasteiger partial charge in [0.25, 0.3) is 0 Å². The molecule has 1 aromatic rings. The average Bonchev–Trinajstić information content (AvgIpc) is 2.42. The predicted molar refractivity (Wildman–Crippen MR) is 82.1 cm³/mol. The van der Waals surface area contributed by atoms with Crippen LogP contribution in [0, 0.1) is 0 Å². The number of methoxy groups -OCH3 is 1. The molecule has 1 unspecified atom stereocenters. The van der Waals surface area contributed by atoms with Gasteiger partial charge in [0.15, 0.2) is 0 Å². The molecular formula is C16H28N2O2. The summed E-state index contributed by atoms with van der Waals surface area (Å²) >= 11 is 0. The first kappa shape index (κ1) is 16.9. The van der Waals surface area contributed by atoms with Crippen LogP contribution in [0.15, 0.2) is 18.5 Å². The average molecular weight is 280 g/mol. The van der Waals surface area contributed by atoms with Gasteiger partial charge < -0.3 is 14.8 Å². The lowest BCUT2D eigenvalue weighted by atomic mass is 10.0. The van der Waals surface area contributed by atoms with Gasteiger partial charge in [-0.15, -0.1) is 0 Å². The fraction of sp³-hybridized carbons (Fsp3) is 0.688. The number of nitrogens with one attached hydrogen (secondary N) is 1. The smallest absolute Gasteiger partial charge is 0.138 e. The highest BCUT2D eigenvalue weighted by Gasteiger charge is 2.12. The van der Waals surface area contributed by atoms with Gasteiger partial charge in [-0.1, -0.05) is 6.92 Å². The van der Waals surface area contributed by atoms with Gasteiger partial charge in [-0.25, -0.2) is 0 Å². The standard InChI is InChI=1S/C16H28N2O2/c1-5-8-18-16(7-6-9-19-4)14-10-15(12-17-11-14)20-13(2)3/h10-13,16,18H,5-9H2,1-4H3. The third-order valence-corrected chi connectivity index (χ3v) is 2.99. The Balaban J connectivity index is 2.71. The van der Waals surface area contributed by atoms with Gasteiger partial charge in [-0.3, -0.25) is 4.98 Å². The third-order valence-electron chi connectivity index (χ3n) is 2.99. The summed E-state index contributed by atoms with van der Waals surface area (Å²) in [6, 6.07) is 2.40. The molecular weight excluding hydrogens is 252 g/mol. The van der Waals surface area contributed by atoms with Gasteiger partial charge in [0.2, 0.25) is 0 Å². The molecule has 4 heteroatoms. The Morgan fingerprint density at radius 3 is 2.75 bits per heavy atom. The molecule has 1 heterocycles. The zero-order chi connectivity index (χ0) is 14.8. The molecule has 0 fully saturated rings. The number of aromatic nitrogens is 1. The molecule has 114 valence electrons. The second-order valence-electron chi connectivity index (χ2n) is 5.26. The molecule has 20 heavy (non-hydrogen) atoms. The van der Waals surface area contributed by atoms with Crippen molar-refractivity contribution >= 4 is 0 Å². The minimum absolute atomic E-state index is 0.169. The molecule has 1 rings (SSSR count). The van der Waals surface area contributed by atoms with Gasteiger partial charge in [-0.05, 0) is 51.3 Å². The maximum absolute atomic E-state index is 5.72. The summed E-state index contributed by atoms with van der Waals surface area (Å²) in [5.74, 6) is 0.840. The van der Waals surface area contributed by atoms with E-state index in [0.717, 1.165) is 38.2 Å². The molecule has 1 aromatic heterocycles. The van der Waals surface area contributed by atoms with Crippen LogP contribution in [0.4, 0.5) is 0 Å². The lowest BCUT2D eigenvalue weighted by Gasteiger charge is -2.19. The van der Waals surface area contributed by atoms with E-state index in [9.17, 15) is 0 Å². The van der Waals surface area contributed by atoms with Crippen LogP contribution < -0.4 is 10.1 Å². The first-order chi connectivity index (χ1) is 9.67. The van der Waals surface area contributed by atoms with E-state index in [-0.39, 0.29) is 6.10 Å². The number of nitrogens with zero attached hydrogens (tertiary/aromatic N) is 1. The van der Waals surface area contributed by atoms with E-state index in [1.165, 1.54) is 5.56 Å². The molecule has 0 saturated carbocycles. The molecule has 1 atom stereocenters. The van der Waals surface area contributed by atoms with Crippen LogP contribution in [-0.4, -0.2) is 31.3 Å². The third kappa shape index (κ3) is 6.35. The molecule has 0 aliphatic heterocycles. The van der Waals surface area contributed by atoms with Crippen molar-refractivity contribution in [2.24, 2.45) is 0 Å². The predicted octanol–water partition coefficient (Wildman–Crippen LogP) is 3.34. The molecule has 0 saturated heterocycles. The zero-order valence-electron chi connectivity index (χ0n) is 13.2. The lowest BCUT2D eigenvalue weighted by Crippen LogP contribution is -2.22. The zero-order valence-corrected chi connectivity index (χ0v) is 13.2. The normalized spacial score (nSPS) is 12.7. The Hall–Kier alpha value is -1.13. The van der Waals surface area contributed by atoms with E-state index < -0.39 is 0 Å². The summed E-state index contributed by atoms with van der Waals surface area (Å²) in [6.45, 7) is 8.03. The second kappa shape index (κ2) is 9.72. The van der Waals surface area contributed by atoms with E-state index in [1.54, 1.807) is 13.3 Å². The minimum Gasteiger partial charge on any atom is -0.489 e. The van der Waals surface area contributed by atoms with Crippen LogP contribution in [0.1, 0.15) is 51.6 Å². The highest BCUT2D eigenvalue weighted by atomic mass is 16.5. The number of pyridine rings is 1. The van der Waals surface area contributed by atoms with Crippen molar-refractivity contribution in [3.63, 3.8) is 0 Å². The fourth-order valence-corrected chi connectivity index (χ4v) is 2.10. The largest absolute Gasteiger partial charge is 0.489 e. The maximum atomic E-state index is 5.72. The molecule has 0 aliphatic rings. The summed E-state index contributed by atoms with van der Waals surface area (Å²) in [4.78, 5) is 4.30. The molecule has 0 radical (unpaired) electrons. The Kier molecular flexibility index (Phi) is 8.23. The van der Waals surface area contributed by atoms with Crippen molar-refractivity contribution in [3.05, 3.63) is 24.0 Å². The molecule has 0 amide bonds. The SMILES string of the molecule is CCCNC(CCCOC)c1cncc(OC(C)C)c1. The highest BCUT2D eigenvalue weighted by molar-refractivity contribution is 5.26. The summed E-state index contributed by atoms with van der Waals surface area (Å²) in [7, 11) is 1.74. The molecule has 4 nitrogen and oxygen atoms in total. The summed E-state index contributed by atoms with van der Waals surface area (Å²) in [6.07, 6.45) is 7.06. The highest BCUT2D eigenvalue weighted by Crippen LogP contribution is 2.22. The topological polar surface area (TPSA) is 43.4 Å². The van der Waals surface area contributed by atoms with E-state index >= 15 is 0 Å². The van der Waals surface area contributed by atoms with E-state index in [0.29, 0.717) is 6.04 Å².